The number of carbonyl (C=O) groups excluding carboxylic acids is 1. The fraction of sp³-hybridized carbons (Fsp3) is 0.235. The van der Waals surface area contributed by atoms with Crippen molar-refractivity contribution in [2.45, 2.75) is 24.3 Å². The molecule has 1 aliphatic rings. The number of aryl methyl sites for hydroxylation is 1. The molecule has 0 radical (unpaired) electrons. The Bertz CT molecular complexity index is 848. The van der Waals surface area contributed by atoms with E-state index < -0.39 is 16.1 Å². The highest BCUT2D eigenvalue weighted by molar-refractivity contribution is 7.89. The average molecular weight is 365 g/mol. The molecule has 1 amide bonds. The van der Waals surface area contributed by atoms with E-state index in [1.54, 1.807) is 24.0 Å². The molecule has 7 heteroatoms. The van der Waals surface area contributed by atoms with Crippen LogP contribution in [0.1, 0.15) is 12.0 Å². The number of hydrogen-bond acceptors (Lipinski definition) is 3. The van der Waals surface area contributed by atoms with Crippen LogP contribution in [0.3, 0.4) is 0 Å². The molecular weight excluding hydrogens is 348 g/mol. The second kappa shape index (κ2) is 6.55. The van der Waals surface area contributed by atoms with Crippen LogP contribution in [0.15, 0.2) is 53.4 Å². The first-order chi connectivity index (χ1) is 11.4. The molecule has 1 heterocycles. The van der Waals surface area contributed by atoms with Crippen LogP contribution in [-0.2, 0) is 14.8 Å². The van der Waals surface area contributed by atoms with Crippen molar-refractivity contribution in [3.8, 4) is 0 Å². The van der Waals surface area contributed by atoms with Crippen molar-refractivity contribution in [3.05, 3.63) is 59.1 Å². The maximum absolute atomic E-state index is 12.7. The molecule has 5 nitrogen and oxygen atoms in total. The molecular formula is C17H17ClN2O3S. The van der Waals surface area contributed by atoms with E-state index in [2.05, 4.69) is 4.72 Å². The van der Waals surface area contributed by atoms with Gasteiger partial charge in [-0.05, 0) is 37.1 Å². The first kappa shape index (κ1) is 17.0. The van der Waals surface area contributed by atoms with Crippen molar-refractivity contribution in [1.29, 1.82) is 0 Å². The lowest BCUT2D eigenvalue weighted by Crippen LogP contribution is -2.41. The van der Waals surface area contributed by atoms with E-state index in [0.29, 0.717) is 18.5 Å². The molecule has 0 spiro atoms. The molecule has 1 aliphatic heterocycles. The summed E-state index contributed by atoms with van der Waals surface area (Å²) in [6.07, 6.45) is 0.413. The van der Waals surface area contributed by atoms with Gasteiger partial charge in [0.05, 0.1) is 5.02 Å². The minimum atomic E-state index is -3.87. The van der Waals surface area contributed by atoms with E-state index in [0.717, 1.165) is 5.69 Å². The summed E-state index contributed by atoms with van der Waals surface area (Å²) in [5.74, 6) is -0.255. The number of carbonyl (C=O) groups is 1. The monoisotopic (exact) mass is 364 g/mol. The summed E-state index contributed by atoms with van der Waals surface area (Å²) < 4.78 is 27.8. The largest absolute Gasteiger partial charge is 0.311 e. The Balaban J connectivity index is 1.83. The summed E-state index contributed by atoms with van der Waals surface area (Å²) in [5, 5.41) is 0.146. The molecule has 0 aliphatic carbocycles. The van der Waals surface area contributed by atoms with Crippen LogP contribution in [0.25, 0.3) is 0 Å². The SMILES string of the molecule is Cc1cccc(Cl)c1S(=O)(=O)N[C@H]1CCN(c2ccccc2)C1=O. The number of amides is 1. The zero-order valence-corrected chi connectivity index (χ0v) is 14.6. The zero-order valence-electron chi connectivity index (χ0n) is 13.1. The van der Waals surface area contributed by atoms with Gasteiger partial charge in [0, 0.05) is 12.2 Å². The van der Waals surface area contributed by atoms with Crippen LogP contribution in [-0.4, -0.2) is 26.9 Å². The van der Waals surface area contributed by atoms with E-state index in [4.69, 9.17) is 11.6 Å². The zero-order chi connectivity index (χ0) is 17.3. The third-order valence-corrected chi connectivity index (χ3v) is 6.10. The van der Waals surface area contributed by atoms with E-state index in [9.17, 15) is 13.2 Å². The van der Waals surface area contributed by atoms with Gasteiger partial charge < -0.3 is 4.90 Å². The molecule has 0 saturated carbocycles. The minimum absolute atomic E-state index is 0.0256. The van der Waals surface area contributed by atoms with Crippen molar-refractivity contribution in [3.63, 3.8) is 0 Å². The number of benzene rings is 2. The van der Waals surface area contributed by atoms with Gasteiger partial charge in [0.2, 0.25) is 15.9 Å². The summed E-state index contributed by atoms with van der Waals surface area (Å²) >= 11 is 6.05. The smallest absolute Gasteiger partial charge is 0.245 e. The molecule has 2 aromatic carbocycles. The van der Waals surface area contributed by atoms with E-state index in [1.807, 2.05) is 30.3 Å². The second-order valence-corrected chi connectivity index (χ2v) is 7.73. The molecule has 0 unspecified atom stereocenters. The van der Waals surface area contributed by atoms with Crippen LogP contribution in [0, 0.1) is 6.92 Å². The Morgan fingerprint density at radius 3 is 2.50 bits per heavy atom. The van der Waals surface area contributed by atoms with E-state index >= 15 is 0 Å². The van der Waals surface area contributed by atoms with Crippen LogP contribution >= 0.6 is 11.6 Å². The normalized spacial score (nSPS) is 18.2. The number of nitrogens with one attached hydrogen (secondary N) is 1. The number of rotatable bonds is 4. The number of halogens is 1. The number of anilines is 1. The average Bonchev–Trinajstić information content (AvgIpc) is 2.88. The standard InChI is InChI=1S/C17H17ClN2O3S/c1-12-6-5-9-14(18)16(12)24(22,23)19-15-10-11-20(17(15)21)13-7-3-2-4-8-13/h2-9,15,19H,10-11H2,1H3/t15-/m0/s1. The highest BCUT2D eigenvalue weighted by Gasteiger charge is 2.36. The fourth-order valence-corrected chi connectivity index (χ4v) is 4.91. The Hall–Kier alpha value is -1.89. The van der Waals surface area contributed by atoms with E-state index in [1.165, 1.54) is 6.07 Å². The van der Waals surface area contributed by atoms with Crippen molar-refractivity contribution < 1.29 is 13.2 Å². The molecule has 24 heavy (non-hydrogen) atoms. The van der Waals surface area contributed by atoms with Gasteiger partial charge in [-0.25, -0.2) is 8.42 Å². The summed E-state index contributed by atoms with van der Waals surface area (Å²) in [6.45, 7) is 2.14. The van der Waals surface area contributed by atoms with Crippen LogP contribution in [0.5, 0.6) is 0 Å². The first-order valence-electron chi connectivity index (χ1n) is 7.54. The lowest BCUT2D eigenvalue weighted by atomic mass is 10.2. The van der Waals surface area contributed by atoms with Gasteiger partial charge in [0.1, 0.15) is 10.9 Å². The maximum atomic E-state index is 12.7. The Morgan fingerprint density at radius 1 is 1.12 bits per heavy atom. The summed E-state index contributed by atoms with van der Waals surface area (Å²) in [6, 6.07) is 13.3. The van der Waals surface area contributed by atoms with Gasteiger partial charge >= 0.3 is 0 Å². The molecule has 1 N–H and O–H groups in total. The molecule has 1 saturated heterocycles. The molecule has 1 fully saturated rings. The van der Waals surface area contributed by atoms with Gasteiger partial charge in [-0.15, -0.1) is 0 Å². The van der Waals surface area contributed by atoms with Crippen molar-refractivity contribution in [2.75, 3.05) is 11.4 Å². The van der Waals surface area contributed by atoms with Gasteiger partial charge in [0.25, 0.3) is 0 Å². The van der Waals surface area contributed by atoms with Crippen molar-refractivity contribution in [2.24, 2.45) is 0 Å². The topological polar surface area (TPSA) is 66.5 Å². The highest BCUT2D eigenvalue weighted by atomic mass is 35.5. The molecule has 126 valence electrons. The number of para-hydroxylation sites is 1. The van der Waals surface area contributed by atoms with E-state index in [-0.39, 0.29) is 15.8 Å². The number of sulfonamides is 1. The lowest BCUT2D eigenvalue weighted by Gasteiger charge is -2.18. The summed E-state index contributed by atoms with van der Waals surface area (Å²) in [5.41, 5.74) is 1.30. The third-order valence-electron chi connectivity index (χ3n) is 4.00. The summed E-state index contributed by atoms with van der Waals surface area (Å²) in [4.78, 5) is 14.2. The molecule has 1 atom stereocenters. The van der Waals surface area contributed by atoms with Gasteiger partial charge in [-0.1, -0.05) is 41.9 Å². The lowest BCUT2D eigenvalue weighted by molar-refractivity contribution is -0.118. The summed E-state index contributed by atoms with van der Waals surface area (Å²) in [7, 11) is -3.87. The Labute approximate surface area is 146 Å². The highest BCUT2D eigenvalue weighted by Crippen LogP contribution is 2.27. The second-order valence-electron chi connectivity index (χ2n) is 5.67. The number of nitrogens with zero attached hydrogens (tertiary/aromatic N) is 1. The predicted molar refractivity (Wildman–Crippen MR) is 93.7 cm³/mol. The van der Waals surface area contributed by atoms with Crippen LogP contribution < -0.4 is 9.62 Å². The fourth-order valence-electron chi connectivity index (χ4n) is 2.86. The van der Waals surface area contributed by atoms with Gasteiger partial charge in [-0.2, -0.15) is 4.72 Å². The quantitative estimate of drug-likeness (QED) is 0.907. The minimum Gasteiger partial charge on any atom is -0.311 e. The number of hydrogen-bond donors (Lipinski definition) is 1. The predicted octanol–water partition coefficient (Wildman–Crippen LogP) is 2.73. The Morgan fingerprint density at radius 2 is 1.83 bits per heavy atom. The molecule has 0 bridgehead atoms. The molecule has 0 aromatic heterocycles. The Kier molecular flexibility index (Phi) is 4.62. The maximum Gasteiger partial charge on any atom is 0.245 e. The van der Waals surface area contributed by atoms with Crippen LogP contribution in [0.2, 0.25) is 5.02 Å². The van der Waals surface area contributed by atoms with Crippen LogP contribution in [0.4, 0.5) is 5.69 Å². The van der Waals surface area contributed by atoms with Gasteiger partial charge in [0.15, 0.2) is 0 Å². The van der Waals surface area contributed by atoms with Crippen molar-refractivity contribution >= 4 is 33.2 Å². The molecule has 2 aromatic rings. The van der Waals surface area contributed by atoms with Crippen molar-refractivity contribution in [1.82, 2.24) is 4.72 Å². The molecule has 3 rings (SSSR count). The van der Waals surface area contributed by atoms with Gasteiger partial charge in [-0.3, -0.25) is 4.79 Å². The third kappa shape index (κ3) is 3.17. The first-order valence-corrected chi connectivity index (χ1v) is 9.40.